The van der Waals surface area contributed by atoms with Gasteiger partial charge in [-0.05, 0) is 46.8 Å². The Labute approximate surface area is 213 Å². The van der Waals surface area contributed by atoms with Gasteiger partial charge in [0.1, 0.15) is 29.2 Å². The van der Waals surface area contributed by atoms with Gasteiger partial charge in [0, 0.05) is 17.5 Å². The molecule has 2 aliphatic rings. The lowest BCUT2D eigenvalue weighted by Crippen LogP contribution is -2.54. The molecule has 0 unspecified atom stereocenters. The number of halogens is 2. The molecule has 2 aromatic heterocycles. The number of ether oxygens (including phenoxy) is 2. The highest BCUT2D eigenvalue weighted by Gasteiger charge is 2.51. The summed E-state index contributed by atoms with van der Waals surface area (Å²) in [7, 11) is 0. The van der Waals surface area contributed by atoms with Crippen molar-refractivity contribution >= 4 is 28.6 Å². The van der Waals surface area contributed by atoms with Gasteiger partial charge in [-0.2, -0.15) is 0 Å². The SMILES string of the molecule is CC(C)n1c(C(C)(C)O)nc2c(F)cc(-c3nc(N[C@@H]4[C@H](C)[C@@H]5O[C@H]([C@H]4O)[C@H](C)O5)ncc3Cl)cc21. The molecule has 0 saturated carbocycles. The third kappa shape index (κ3) is 4.14. The van der Waals surface area contributed by atoms with Crippen LogP contribution in [0.1, 0.15) is 53.4 Å². The lowest BCUT2D eigenvalue weighted by atomic mass is 9.90. The average Bonchev–Trinajstić information content (AvgIpc) is 3.36. The maximum atomic E-state index is 15.3. The number of nitrogens with one attached hydrogen (secondary N) is 1. The van der Waals surface area contributed by atoms with Gasteiger partial charge in [-0.3, -0.25) is 0 Å². The molecule has 11 heteroatoms. The molecule has 3 N–H and O–H groups in total. The number of aromatic nitrogens is 4. The first-order chi connectivity index (χ1) is 16.9. The first-order valence-corrected chi connectivity index (χ1v) is 12.5. The van der Waals surface area contributed by atoms with E-state index in [0.29, 0.717) is 22.6 Å². The number of aliphatic hydroxyl groups excluding tert-OH is 1. The summed E-state index contributed by atoms with van der Waals surface area (Å²) < 4.78 is 28.7. The number of hydrogen-bond donors (Lipinski definition) is 3. The lowest BCUT2D eigenvalue weighted by Gasteiger charge is -2.37. The number of benzene rings is 1. The van der Waals surface area contributed by atoms with Crippen LogP contribution in [0.2, 0.25) is 5.02 Å². The minimum Gasteiger partial charge on any atom is -0.388 e. The van der Waals surface area contributed by atoms with Crippen LogP contribution in [0.3, 0.4) is 0 Å². The van der Waals surface area contributed by atoms with E-state index in [4.69, 9.17) is 21.1 Å². The number of aliphatic hydroxyl groups is 2. The van der Waals surface area contributed by atoms with Gasteiger partial charge in [0.05, 0.1) is 34.6 Å². The molecule has 0 spiro atoms. The zero-order valence-electron chi connectivity index (χ0n) is 21.0. The summed E-state index contributed by atoms with van der Waals surface area (Å²) in [6.07, 6.45) is -0.495. The maximum absolute atomic E-state index is 15.3. The second-order valence-electron chi connectivity index (χ2n) is 10.5. The molecule has 5 rings (SSSR count). The molecule has 9 nitrogen and oxygen atoms in total. The average molecular weight is 520 g/mol. The van der Waals surface area contributed by atoms with E-state index >= 15 is 4.39 Å². The van der Waals surface area contributed by atoms with Gasteiger partial charge in [-0.1, -0.05) is 18.5 Å². The Morgan fingerprint density at radius 1 is 1.19 bits per heavy atom. The zero-order valence-corrected chi connectivity index (χ0v) is 21.8. The molecule has 1 aromatic carbocycles. The molecule has 0 aliphatic carbocycles. The monoisotopic (exact) mass is 519 g/mol. The maximum Gasteiger partial charge on any atom is 0.223 e. The van der Waals surface area contributed by atoms with Gasteiger partial charge in [0.25, 0.3) is 0 Å². The zero-order chi connectivity index (χ0) is 26.1. The van der Waals surface area contributed by atoms with E-state index in [0.717, 1.165) is 0 Å². The summed E-state index contributed by atoms with van der Waals surface area (Å²) in [5.74, 6) is -0.103. The summed E-state index contributed by atoms with van der Waals surface area (Å²) >= 11 is 6.46. The molecule has 194 valence electrons. The minimum absolute atomic E-state index is 0.0827. The number of nitrogens with zero attached hydrogens (tertiary/aromatic N) is 4. The van der Waals surface area contributed by atoms with Crippen molar-refractivity contribution in [2.45, 2.75) is 83.8 Å². The minimum atomic E-state index is -1.26. The van der Waals surface area contributed by atoms with Crippen molar-refractivity contribution in [2.75, 3.05) is 5.32 Å². The standard InChI is InChI=1S/C25H31ClFN5O4/c1-10(2)32-16-8-13(7-15(27)19(16)29-23(32)25(5,6)34)18-14(26)9-28-24(31-18)30-17-11(3)22-35-12(4)21(36-22)20(17)33/h7-12,17,20-22,33-34H,1-6H3,(H,28,30,31)/t11-,12-,17+,20-,21-,22-/m0/s1. The molecular formula is C25H31ClFN5O4. The van der Waals surface area contributed by atoms with E-state index in [9.17, 15) is 10.2 Å². The van der Waals surface area contributed by atoms with E-state index in [1.54, 1.807) is 19.9 Å². The number of anilines is 1. The predicted octanol–water partition coefficient (Wildman–Crippen LogP) is 4.02. The Balaban J connectivity index is 1.55. The summed E-state index contributed by atoms with van der Waals surface area (Å²) in [5.41, 5.74) is 0.200. The fraction of sp³-hybridized carbons (Fsp3) is 0.560. The van der Waals surface area contributed by atoms with Crippen LogP contribution < -0.4 is 5.32 Å². The van der Waals surface area contributed by atoms with E-state index in [-0.39, 0.29) is 34.6 Å². The van der Waals surface area contributed by atoms with Crippen molar-refractivity contribution < 1.29 is 24.1 Å². The Hall–Kier alpha value is -2.37. The first kappa shape index (κ1) is 25.3. The summed E-state index contributed by atoms with van der Waals surface area (Å²) in [6.45, 7) is 10.9. The van der Waals surface area contributed by atoms with Crippen LogP contribution in [0, 0.1) is 11.7 Å². The highest BCUT2D eigenvalue weighted by Crippen LogP contribution is 2.38. The number of fused-ring (bicyclic) bond motifs is 3. The smallest absolute Gasteiger partial charge is 0.223 e. The lowest BCUT2D eigenvalue weighted by molar-refractivity contribution is -0.155. The van der Waals surface area contributed by atoms with Gasteiger partial charge in [0.2, 0.25) is 5.95 Å². The Bertz CT molecular complexity index is 1310. The predicted molar refractivity (Wildman–Crippen MR) is 133 cm³/mol. The van der Waals surface area contributed by atoms with Gasteiger partial charge >= 0.3 is 0 Å². The first-order valence-electron chi connectivity index (χ1n) is 12.1. The van der Waals surface area contributed by atoms with Crippen molar-refractivity contribution in [3.05, 3.63) is 35.0 Å². The van der Waals surface area contributed by atoms with Crippen molar-refractivity contribution in [1.82, 2.24) is 19.5 Å². The molecule has 0 amide bonds. The third-order valence-corrected chi connectivity index (χ3v) is 7.21. The molecule has 4 heterocycles. The topological polar surface area (TPSA) is 115 Å². The number of hydrogen-bond acceptors (Lipinski definition) is 8. The highest BCUT2D eigenvalue weighted by molar-refractivity contribution is 6.33. The summed E-state index contributed by atoms with van der Waals surface area (Å²) in [6, 6.07) is 2.60. The molecule has 2 aliphatic heterocycles. The molecule has 0 radical (unpaired) electrons. The second kappa shape index (κ2) is 8.88. The van der Waals surface area contributed by atoms with Crippen LogP contribution in [-0.4, -0.2) is 60.4 Å². The highest BCUT2D eigenvalue weighted by atomic mass is 35.5. The Morgan fingerprint density at radius 3 is 2.58 bits per heavy atom. The molecule has 36 heavy (non-hydrogen) atoms. The van der Waals surface area contributed by atoms with E-state index in [1.807, 2.05) is 32.3 Å². The molecule has 2 fully saturated rings. The summed E-state index contributed by atoms with van der Waals surface area (Å²) in [5, 5.41) is 25.0. The van der Waals surface area contributed by atoms with Gasteiger partial charge in [-0.25, -0.2) is 19.3 Å². The van der Waals surface area contributed by atoms with E-state index < -0.39 is 36.0 Å². The Kier molecular flexibility index (Phi) is 6.24. The second-order valence-corrected chi connectivity index (χ2v) is 10.9. The largest absolute Gasteiger partial charge is 0.388 e. The number of imidazole rings is 1. The fourth-order valence-electron chi connectivity index (χ4n) is 5.13. The summed E-state index contributed by atoms with van der Waals surface area (Å²) in [4.78, 5) is 13.3. The molecule has 2 bridgehead atoms. The molecule has 6 atom stereocenters. The molecule has 2 saturated heterocycles. The van der Waals surface area contributed by atoms with Crippen LogP contribution in [0.4, 0.5) is 10.3 Å². The van der Waals surface area contributed by atoms with Crippen molar-refractivity contribution in [2.24, 2.45) is 5.92 Å². The van der Waals surface area contributed by atoms with Crippen molar-refractivity contribution in [3.8, 4) is 11.3 Å². The van der Waals surface area contributed by atoms with Crippen LogP contribution in [0.15, 0.2) is 18.3 Å². The third-order valence-electron chi connectivity index (χ3n) is 6.93. The van der Waals surface area contributed by atoms with Crippen molar-refractivity contribution in [3.63, 3.8) is 0 Å². The van der Waals surface area contributed by atoms with Crippen LogP contribution in [0.5, 0.6) is 0 Å². The van der Waals surface area contributed by atoms with Gasteiger partial charge < -0.3 is 29.6 Å². The van der Waals surface area contributed by atoms with Crippen LogP contribution in [0.25, 0.3) is 22.3 Å². The number of rotatable bonds is 5. The van der Waals surface area contributed by atoms with E-state index in [1.165, 1.54) is 12.3 Å². The fourth-order valence-corrected chi connectivity index (χ4v) is 5.33. The normalized spacial score (nSPS) is 28.3. The van der Waals surface area contributed by atoms with Crippen LogP contribution in [-0.2, 0) is 15.1 Å². The van der Waals surface area contributed by atoms with Crippen LogP contribution >= 0.6 is 11.6 Å². The quantitative estimate of drug-likeness (QED) is 0.463. The Morgan fingerprint density at radius 2 is 1.92 bits per heavy atom. The molecule has 3 aromatic rings. The van der Waals surface area contributed by atoms with Crippen molar-refractivity contribution in [1.29, 1.82) is 0 Å². The van der Waals surface area contributed by atoms with Gasteiger partial charge in [0.15, 0.2) is 12.1 Å². The van der Waals surface area contributed by atoms with E-state index in [2.05, 4.69) is 20.3 Å². The molecular weight excluding hydrogens is 489 g/mol. The van der Waals surface area contributed by atoms with Gasteiger partial charge in [-0.15, -0.1) is 0 Å².